The van der Waals surface area contributed by atoms with E-state index in [4.69, 9.17) is 16.3 Å². The van der Waals surface area contributed by atoms with Crippen LogP contribution in [-0.4, -0.2) is 18.0 Å². The van der Waals surface area contributed by atoms with Crippen molar-refractivity contribution in [3.05, 3.63) is 64.7 Å². The van der Waals surface area contributed by atoms with Crippen molar-refractivity contribution in [2.24, 2.45) is 0 Å². The average Bonchev–Trinajstić information content (AvgIpc) is 2.56. The first kappa shape index (κ1) is 19.8. The normalized spacial score (nSPS) is 11.8. The highest BCUT2D eigenvalue weighted by atomic mass is 35.5. The van der Waals surface area contributed by atoms with Crippen molar-refractivity contribution in [1.82, 2.24) is 5.32 Å². The van der Waals surface area contributed by atoms with Crippen molar-refractivity contribution in [3.8, 4) is 5.75 Å². The number of benzene rings is 2. The second-order valence-electron chi connectivity index (χ2n) is 6.24. The van der Waals surface area contributed by atoms with Crippen molar-refractivity contribution in [2.45, 2.75) is 38.8 Å². The summed E-state index contributed by atoms with van der Waals surface area (Å²) in [6.45, 7) is 3.84. The summed E-state index contributed by atoms with van der Waals surface area (Å²) >= 11 is 5.83. The third-order valence-electron chi connectivity index (χ3n) is 3.64. The van der Waals surface area contributed by atoms with E-state index in [2.05, 4.69) is 5.32 Å². The minimum absolute atomic E-state index is 0.0407. The molecule has 0 spiro atoms. The van der Waals surface area contributed by atoms with Crippen molar-refractivity contribution in [1.29, 1.82) is 0 Å². The minimum Gasteiger partial charge on any atom is -0.550 e. The Hall–Kier alpha value is -2.53. The molecule has 1 N–H and O–H groups in total. The van der Waals surface area contributed by atoms with Crippen LogP contribution < -0.4 is 15.2 Å². The largest absolute Gasteiger partial charge is 0.550 e. The Labute approximate surface area is 157 Å². The number of carbonyl (C=O) groups excluding carboxylic acids is 2. The number of hydrogen-bond acceptors (Lipinski definition) is 4. The molecule has 1 atom stereocenters. The Bertz CT molecular complexity index is 741. The zero-order chi connectivity index (χ0) is 19.1. The van der Waals surface area contributed by atoms with Crippen molar-refractivity contribution in [3.63, 3.8) is 0 Å². The van der Waals surface area contributed by atoms with Crippen LogP contribution in [-0.2, 0) is 16.0 Å². The molecular weight excluding hydrogens is 354 g/mol. The molecule has 2 aromatic carbocycles. The first-order valence-corrected chi connectivity index (χ1v) is 8.71. The van der Waals surface area contributed by atoms with Gasteiger partial charge in [0.15, 0.2) is 0 Å². The molecule has 0 aromatic heterocycles. The van der Waals surface area contributed by atoms with E-state index < -0.39 is 12.0 Å². The molecule has 0 radical (unpaired) electrons. The molecule has 2 rings (SSSR count). The van der Waals surface area contributed by atoms with Crippen LogP contribution in [0.2, 0.25) is 5.02 Å². The van der Waals surface area contributed by atoms with Crippen LogP contribution in [0.1, 0.15) is 37.4 Å². The average molecular weight is 375 g/mol. The second kappa shape index (κ2) is 9.25. The quantitative estimate of drug-likeness (QED) is 0.770. The molecule has 1 amide bonds. The summed E-state index contributed by atoms with van der Waals surface area (Å²) in [5, 5.41) is 14.4. The van der Waals surface area contributed by atoms with Crippen LogP contribution in [0, 0.1) is 0 Å². The van der Waals surface area contributed by atoms with E-state index in [-0.39, 0.29) is 24.9 Å². The summed E-state index contributed by atoms with van der Waals surface area (Å²) < 4.78 is 5.57. The van der Waals surface area contributed by atoms with Gasteiger partial charge in [-0.3, -0.25) is 4.79 Å². The van der Waals surface area contributed by atoms with Gasteiger partial charge in [-0.25, -0.2) is 0 Å². The van der Waals surface area contributed by atoms with Gasteiger partial charge in [-0.15, -0.1) is 0 Å². The summed E-state index contributed by atoms with van der Waals surface area (Å²) in [4.78, 5) is 23.4. The van der Waals surface area contributed by atoms with Gasteiger partial charge in [-0.1, -0.05) is 35.9 Å². The summed E-state index contributed by atoms with van der Waals surface area (Å²) in [6.07, 6.45) is -0.134. The fourth-order valence-corrected chi connectivity index (χ4v) is 2.63. The molecule has 0 saturated carbocycles. The van der Waals surface area contributed by atoms with E-state index in [1.807, 2.05) is 13.8 Å². The monoisotopic (exact) mass is 374 g/mol. The molecule has 5 nitrogen and oxygen atoms in total. The van der Waals surface area contributed by atoms with Gasteiger partial charge >= 0.3 is 0 Å². The molecule has 6 heteroatoms. The molecule has 0 bridgehead atoms. The third kappa shape index (κ3) is 6.41. The Morgan fingerprint density at radius 2 is 1.69 bits per heavy atom. The van der Waals surface area contributed by atoms with Gasteiger partial charge in [0.25, 0.3) is 0 Å². The highest BCUT2D eigenvalue weighted by Crippen LogP contribution is 2.21. The van der Waals surface area contributed by atoms with Crippen molar-refractivity contribution < 1.29 is 19.4 Å². The minimum atomic E-state index is -1.23. The zero-order valence-corrected chi connectivity index (χ0v) is 15.5. The van der Waals surface area contributed by atoms with E-state index >= 15 is 0 Å². The molecule has 0 heterocycles. The Kier molecular flexibility index (Phi) is 7.04. The van der Waals surface area contributed by atoms with Crippen LogP contribution in [0.5, 0.6) is 5.75 Å². The molecule has 0 saturated heterocycles. The van der Waals surface area contributed by atoms with E-state index in [9.17, 15) is 14.7 Å². The fourth-order valence-electron chi connectivity index (χ4n) is 2.50. The Morgan fingerprint density at radius 1 is 1.08 bits per heavy atom. The van der Waals surface area contributed by atoms with Crippen LogP contribution >= 0.6 is 11.6 Å². The lowest BCUT2D eigenvalue weighted by atomic mass is 10.0. The molecule has 0 aliphatic rings. The Balaban J connectivity index is 2.07. The first-order chi connectivity index (χ1) is 12.3. The molecule has 0 aliphatic heterocycles. The number of nitrogens with one attached hydrogen (secondary N) is 1. The predicted octanol–water partition coefficient (Wildman–Crippen LogP) is 2.67. The lowest BCUT2D eigenvalue weighted by Crippen LogP contribution is -2.35. The van der Waals surface area contributed by atoms with Crippen molar-refractivity contribution in [2.75, 3.05) is 0 Å². The number of aliphatic carboxylic acids is 1. The summed E-state index contributed by atoms with van der Waals surface area (Å²) in [7, 11) is 0. The smallest absolute Gasteiger partial charge is 0.224 e. The topological polar surface area (TPSA) is 78.5 Å². The fraction of sp³-hybridized carbons (Fsp3) is 0.300. The molecule has 2 aromatic rings. The highest BCUT2D eigenvalue weighted by Gasteiger charge is 2.16. The number of rotatable bonds is 8. The number of carboxylic acid groups (broad SMARTS) is 1. The van der Waals surface area contributed by atoms with Crippen molar-refractivity contribution >= 4 is 23.5 Å². The number of hydrogen-bond donors (Lipinski definition) is 1. The number of ether oxygens (including phenoxy) is 1. The van der Waals surface area contributed by atoms with Gasteiger partial charge in [0.2, 0.25) is 5.91 Å². The maximum Gasteiger partial charge on any atom is 0.224 e. The van der Waals surface area contributed by atoms with Gasteiger partial charge in [-0.05, 0) is 49.2 Å². The number of carbonyl (C=O) groups is 2. The van der Waals surface area contributed by atoms with Gasteiger partial charge < -0.3 is 20.0 Å². The summed E-state index contributed by atoms with van der Waals surface area (Å²) in [5.41, 5.74) is 1.47. The molecule has 138 valence electrons. The lowest BCUT2D eigenvalue weighted by molar-refractivity contribution is -0.306. The van der Waals surface area contributed by atoms with E-state index in [1.165, 1.54) is 0 Å². The van der Waals surface area contributed by atoms with Gasteiger partial charge in [0, 0.05) is 17.4 Å². The number of amides is 1. The molecule has 0 unspecified atom stereocenters. The van der Waals surface area contributed by atoms with E-state index in [0.717, 1.165) is 5.56 Å². The Morgan fingerprint density at radius 3 is 2.23 bits per heavy atom. The number of carboxylic acids is 1. The summed E-state index contributed by atoms with van der Waals surface area (Å²) in [5.74, 6) is -0.825. The maximum atomic E-state index is 12.3. The molecule has 26 heavy (non-hydrogen) atoms. The van der Waals surface area contributed by atoms with E-state index in [0.29, 0.717) is 16.3 Å². The van der Waals surface area contributed by atoms with Gasteiger partial charge in [-0.2, -0.15) is 0 Å². The second-order valence-corrected chi connectivity index (χ2v) is 6.67. The van der Waals surface area contributed by atoms with Crippen LogP contribution in [0.15, 0.2) is 48.5 Å². The molecule has 0 fully saturated rings. The SMILES string of the molecule is CC(C)Oc1ccc([C@@H](CC(=O)[O-])NC(=O)Cc2ccc(Cl)cc2)cc1. The maximum absolute atomic E-state index is 12.3. The zero-order valence-electron chi connectivity index (χ0n) is 14.7. The van der Waals surface area contributed by atoms with Gasteiger partial charge in [0.1, 0.15) is 5.75 Å². The lowest BCUT2D eigenvalue weighted by Gasteiger charge is -2.20. The van der Waals surface area contributed by atoms with E-state index in [1.54, 1.807) is 48.5 Å². The van der Waals surface area contributed by atoms with Gasteiger partial charge in [0.05, 0.1) is 18.6 Å². The molecular formula is C20H21ClNO4-. The van der Waals surface area contributed by atoms with Crippen LogP contribution in [0.25, 0.3) is 0 Å². The standard InChI is InChI=1S/C20H22ClNO4/c1-13(2)26-17-9-5-15(6-10-17)18(12-20(24)25)22-19(23)11-14-3-7-16(21)8-4-14/h3-10,13,18H,11-12H2,1-2H3,(H,22,23)(H,24,25)/p-1/t18-/m1/s1. The highest BCUT2D eigenvalue weighted by molar-refractivity contribution is 6.30. The predicted molar refractivity (Wildman–Crippen MR) is 97.9 cm³/mol. The van der Waals surface area contributed by atoms with Crippen LogP contribution in [0.4, 0.5) is 0 Å². The first-order valence-electron chi connectivity index (χ1n) is 8.33. The van der Waals surface area contributed by atoms with Crippen LogP contribution in [0.3, 0.4) is 0 Å². The number of halogens is 1. The third-order valence-corrected chi connectivity index (χ3v) is 3.89. The summed E-state index contributed by atoms with van der Waals surface area (Å²) in [6, 6.07) is 13.2. The molecule has 0 aliphatic carbocycles.